The maximum atomic E-state index is 12.1. The maximum Gasteiger partial charge on any atom is 0.239 e. The summed E-state index contributed by atoms with van der Waals surface area (Å²) in [5.41, 5.74) is 1.01. The molecule has 1 aliphatic rings. The van der Waals surface area contributed by atoms with Gasteiger partial charge in [0.1, 0.15) is 0 Å². The van der Waals surface area contributed by atoms with Gasteiger partial charge in [0, 0.05) is 29.1 Å². The molecule has 1 unspecified atom stereocenters. The molecule has 1 atom stereocenters. The molecule has 3 nitrogen and oxygen atoms in total. The molecule has 1 amide bonds. The van der Waals surface area contributed by atoms with Crippen molar-refractivity contribution in [2.75, 3.05) is 13.1 Å². The topological polar surface area (TPSA) is 32.3 Å². The molecule has 1 N–H and O–H groups in total. The summed E-state index contributed by atoms with van der Waals surface area (Å²) in [5.74, 6) is 0.186. The van der Waals surface area contributed by atoms with Gasteiger partial charge in [0.25, 0.3) is 0 Å². The van der Waals surface area contributed by atoms with Gasteiger partial charge in [-0.3, -0.25) is 4.79 Å². The Balaban J connectivity index is 1.88. The standard InChI is InChI=1S/C14H18BrClN2O/c1-10(14(19)18-6-2-3-7-18)17-9-11-4-5-12(15)8-13(11)16/h4-5,8,10,17H,2-3,6-7,9H2,1H3. The predicted molar refractivity (Wildman–Crippen MR) is 81.3 cm³/mol. The molecule has 1 aromatic rings. The predicted octanol–water partition coefficient (Wildman–Crippen LogP) is 3.20. The highest BCUT2D eigenvalue weighted by molar-refractivity contribution is 9.10. The second-order valence-corrected chi connectivity index (χ2v) is 6.19. The van der Waals surface area contributed by atoms with Gasteiger partial charge >= 0.3 is 0 Å². The summed E-state index contributed by atoms with van der Waals surface area (Å²) in [6, 6.07) is 5.62. The summed E-state index contributed by atoms with van der Waals surface area (Å²) >= 11 is 9.53. The molecule has 1 aliphatic heterocycles. The van der Waals surface area contributed by atoms with Crippen molar-refractivity contribution in [2.24, 2.45) is 0 Å². The summed E-state index contributed by atoms with van der Waals surface area (Å²) in [5, 5.41) is 3.96. The third-order valence-corrected chi connectivity index (χ3v) is 4.25. The minimum Gasteiger partial charge on any atom is -0.341 e. The van der Waals surface area contributed by atoms with Crippen molar-refractivity contribution in [1.29, 1.82) is 0 Å². The Morgan fingerprint density at radius 1 is 1.47 bits per heavy atom. The first-order valence-electron chi connectivity index (χ1n) is 6.54. The van der Waals surface area contributed by atoms with Crippen LogP contribution in [0.25, 0.3) is 0 Å². The second kappa shape index (κ2) is 6.73. The van der Waals surface area contributed by atoms with E-state index < -0.39 is 0 Å². The first-order chi connectivity index (χ1) is 9.08. The molecular formula is C14H18BrClN2O. The molecule has 19 heavy (non-hydrogen) atoms. The molecule has 104 valence electrons. The Bertz CT molecular complexity index is 461. The van der Waals surface area contributed by atoms with Gasteiger partial charge in [0.05, 0.1) is 6.04 Å². The number of likely N-dealkylation sites (tertiary alicyclic amines) is 1. The molecular weight excluding hydrogens is 328 g/mol. The Morgan fingerprint density at radius 2 is 2.16 bits per heavy atom. The zero-order chi connectivity index (χ0) is 13.8. The fourth-order valence-corrected chi connectivity index (χ4v) is 2.97. The summed E-state index contributed by atoms with van der Waals surface area (Å²) < 4.78 is 0.961. The Labute approximate surface area is 127 Å². The highest BCUT2D eigenvalue weighted by Gasteiger charge is 2.22. The highest BCUT2D eigenvalue weighted by atomic mass is 79.9. The maximum absolute atomic E-state index is 12.1. The highest BCUT2D eigenvalue weighted by Crippen LogP contribution is 2.21. The first kappa shape index (κ1) is 14.8. The second-order valence-electron chi connectivity index (χ2n) is 4.87. The van der Waals surface area contributed by atoms with Crippen LogP contribution in [-0.2, 0) is 11.3 Å². The molecule has 1 heterocycles. The number of rotatable bonds is 4. The lowest BCUT2D eigenvalue weighted by molar-refractivity contribution is -0.131. The molecule has 5 heteroatoms. The molecule has 0 aliphatic carbocycles. The smallest absolute Gasteiger partial charge is 0.239 e. The number of carbonyl (C=O) groups is 1. The Morgan fingerprint density at radius 3 is 2.79 bits per heavy atom. The van der Waals surface area contributed by atoms with Gasteiger partial charge in [-0.15, -0.1) is 0 Å². The lowest BCUT2D eigenvalue weighted by atomic mass is 10.2. The van der Waals surface area contributed by atoms with E-state index in [1.54, 1.807) is 0 Å². The Kier molecular flexibility index (Phi) is 5.25. The number of nitrogens with zero attached hydrogens (tertiary/aromatic N) is 1. The van der Waals surface area contributed by atoms with Gasteiger partial charge in [-0.25, -0.2) is 0 Å². The van der Waals surface area contributed by atoms with Gasteiger partial charge in [-0.1, -0.05) is 33.6 Å². The minimum absolute atomic E-state index is 0.169. The molecule has 1 fully saturated rings. The number of hydrogen-bond acceptors (Lipinski definition) is 2. The van der Waals surface area contributed by atoms with Crippen LogP contribution in [0, 0.1) is 0 Å². The van der Waals surface area contributed by atoms with Crippen LogP contribution in [0.1, 0.15) is 25.3 Å². The van der Waals surface area contributed by atoms with Crippen LogP contribution in [-0.4, -0.2) is 29.9 Å². The number of benzene rings is 1. The van der Waals surface area contributed by atoms with Crippen molar-refractivity contribution in [3.63, 3.8) is 0 Å². The van der Waals surface area contributed by atoms with E-state index >= 15 is 0 Å². The van der Waals surface area contributed by atoms with E-state index in [1.807, 2.05) is 30.0 Å². The number of nitrogens with one attached hydrogen (secondary N) is 1. The van der Waals surface area contributed by atoms with E-state index in [0.29, 0.717) is 11.6 Å². The molecule has 1 saturated heterocycles. The van der Waals surface area contributed by atoms with Crippen molar-refractivity contribution in [3.05, 3.63) is 33.3 Å². The lowest BCUT2D eigenvalue weighted by Crippen LogP contribution is -2.43. The molecule has 1 aromatic carbocycles. The third-order valence-electron chi connectivity index (χ3n) is 3.40. The average Bonchev–Trinajstić information content (AvgIpc) is 2.90. The molecule has 2 rings (SSSR count). The zero-order valence-corrected chi connectivity index (χ0v) is 13.3. The Hall–Kier alpha value is -0.580. The number of halogens is 2. The van der Waals surface area contributed by atoms with E-state index in [-0.39, 0.29) is 11.9 Å². The van der Waals surface area contributed by atoms with Gasteiger partial charge < -0.3 is 10.2 Å². The van der Waals surface area contributed by atoms with E-state index in [0.717, 1.165) is 36.0 Å². The van der Waals surface area contributed by atoms with Crippen LogP contribution in [0.5, 0.6) is 0 Å². The van der Waals surface area contributed by atoms with E-state index in [1.165, 1.54) is 0 Å². The summed E-state index contributed by atoms with van der Waals surface area (Å²) in [6.45, 7) is 4.30. The summed E-state index contributed by atoms with van der Waals surface area (Å²) in [4.78, 5) is 14.1. The van der Waals surface area contributed by atoms with Crippen LogP contribution in [0.4, 0.5) is 0 Å². The van der Waals surface area contributed by atoms with Crippen LogP contribution in [0.2, 0.25) is 5.02 Å². The van der Waals surface area contributed by atoms with Crippen molar-refractivity contribution in [2.45, 2.75) is 32.4 Å². The zero-order valence-electron chi connectivity index (χ0n) is 11.0. The fraction of sp³-hybridized carbons (Fsp3) is 0.500. The number of hydrogen-bond donors (Lipinski definition) is 1. The normalized spacial score (nSPS) is 16.7. The SMILES string of the molecule is CC(NCc1ccc(Br)cc1Cl)C(=O)N1CCCC1. The molecule has 0 spiro atoms. The molecule has 0 aromatic heterocycles. The van der Waals surface area contributed by atoms with Crippen molar-refractivity contribution in [3.8, 4) is 0 Å². The minimum atomic E-state index is -0.169. The van der Waals surface area contributed by atoms with Gasteiger partial charge in [-0.2, -0.15) is 0 Å². The molecule has 0 radical (unpaired) electrons. The van der Waals surface area contributed by atoms with Crippen LogP contribution >= 0.6 is 27.5 Å². The van der Waals surface area contributed by atoms with Gasteiger partial charge in [-0.05, 0) is 37.5 Å². The van der Waals surface area contributed by atoms with Crippen molar-refractivity contribution < 1.29 is 4.79 Å². The van der Waals surface area contributed by atoms with E-state index in [9.17, 15) is 4.79 Å². The van der Waals surface area contributed by atoms with Gasteiger partial charge in [0.15, 0.2) is 0 Å². The monoisotopic (exact) mass is 344 g/mol. The number of carbonyl (C=O) groups excluding carboxylic acids is 1. The number of amides is 1. The first-order valence-corrected chi connectivity index (χ1v) is 7.71. The molecule has 0 bridgehead atoms. The fourth-order valence-electron chi connectivity index (χ4n) is 2.23. The summed E-state index contributed by atoms with van der Waals surface area (Å²) in [7, 11) is 0. The van der Waals surface area contributed by atoms with Gasteiger partial charge in [0.2, 0.25) is 5.91 Å². The van der Waals surface area contributed by atoms with E-state index in [4.69, 9.17) is 11.6 Å². The third kappa shape index (κ3) is 3.94. The lowest BCUT2D eigenvalue weighted by Gasteiger charge is -2.21. The average molecular weight is 346 g/mol. The van der Waals surface area contributed by atoms with Crippen LogP contribution < -0.4 is 5.32 Å². The largest absolute Gasteiger partial charge is 0.341 e. The van der Waals surface area contributed by atoms with Crippen molar-refractivity contribution >= 4 is 33.4 Å². The van der Waals surface area contributed by atoms with E-state index in [2.05, 4.69) is 21.2 Å². The van der Waals surface area contributed by atoms with Crippen LogP contribution in [0.3, 0.4) is 0 Å². The van der Waals surface area contributed by atoms with Crippen molar-refractivity contribution in [1.82, 2.24) is 10.2 Å². The quantitative estimate of drug-likeness (QED) is 0.909. The van der Waals surface area contributed by atoms with Crippen LogP contribution in [0.15, 0.2) is 22.7 Å². The molecule has 0 saturated carbocycles. The summed E-state index contributed by atoms with van der Waals surface area (Å²) in [6.07, 6.45) is 2.24.